The molecule has 0 amide bonds. The molecule has 0 aliphatic rings. The Morgan fingerprint density at radius 1 is 0.577 bits per heavy atom. The summed E-state index contributed by atoms with van der Waals surface area (Å²) in [5.41, 5.74) is 6.24. The summed E-state index contributed by atoms with van der Waals surface area (Å²) in [4.78, 5) is 0. The van der Waals surface area contributed by atoms with E-state index in [2.05, 4.69) is 124 Å². The Morgan fingerprint density at radius 3 is 2.00 bits per heavy atom. The Kier molecular flexibility index (Phi) is 3.79. The van der Waals surface area contributed by atoms with Crippen molar-refractivity contribution in [1.29, 1.82) is 0 Å². The van der Waals surface area contributed by atoms with Crippen molar-refractivity contribution in [2.45, 2.75) is 0 Å². The molecule has 0 N–H and O–H groups in total. The molecule has 2 heteroatoms. The van der Waals surface area contributed by atoms with Gasteiger partial charge < -0.3 is 4.57 Å². The summed E-state index contributed by atoms with van der Waals surface area (Å²) in [6, 6.07) is 34.4. The molecule has 0 spiro atoms. The summed E-state index contributed by atoms with van der Waals surface area (Å²) < 4.78 is 3.67. The molecule has 0 aliphatic heterocycles. The van der Waals surface area contributed by atoms with Gasteiger partial charge in [-0.25, -0.2) is 0 Å². The zero-order valence-corrected chi connectivity index (χ0v) is 16.2. The average molecular weight is 445 g/mol. The van der Waals surface area contributed by atoms with Crippen LogP contribution in [-0.2, 0) is 0 Å². The highest BCUT2D eigenvalue weighted by Gasteiger charge is 2.16. The number of benzene rings is 4. The van der Waals surface area contributed by atoms with Crippen LogP contribution in [-0.4, -0.2) is 4.57 Å². The summed E-state index contributed by atoms with van der Waals surface area (Å²) in [6.07, 6.45) is 0. The van der Waals surface area contributed by atoms with Crippen LogP contribution in [0.2, 0.25) is 0 Å². The van der Waals surface area contributed by atoms with Gasteiger partial charge in [0, 0.05) is 20.0 Å². The molecule has 0 radical (unpaired) electrons. The van der Waals surface area contributed by atoms with Crippen LogP contribution in [0.1, 0.15) is 0 Å². The van der Waals surface area contributed by atoms with Crippen LogP contribution < -0.4 is 0 Å². The van der Waals surface area contributed by atoms with Gasteiger partial charge in [-0.1, -0.05) is 72.8 Å². The van der Waals surface area contributed by atoms with Crippen LogP contribution in [0, 0.1) is 3.57 Å². The van der Waals surface area contributed by atoms with Crippen molar-refractivity contribution in [2.24, 2.45) is 0 Å². The zero-order chi connectivity index (χ0) is 17.5. The molecular formula is C24H16IN. The SMILES string of the molecule is Ic1c(-c2ccccc2)ccc2c1c1ccccc1n2-c1ccccc1. The number of para-hydroxylation sites is 2. The van der Waals surface area contributed by atoms with Gasteiger partial charge in [-0.2, -0.15) is 0 Å². The van der Waals surface area contributed by atoms with Crippen LogP contribution in [0.4, 0.5) is 0 Å². The van der Waals surface area contributed by atoms with E-state index in [9.17, 15) is 0 Å². The third-order valence-corrected chi connectivity index (χ3v) is 5.99. The van der Waals surface area contributed by atoms with Gasteiger partial charge in [-0.15, -0.1) is 0 Å². The first-order chi connectivity index (χ1) is 12.8. The van der Waals surface area contributed by atoms with E-state index in [1.165, 1.54) is 42.2 Å². The molecule has 5 rings (SSSR count). The lowest BCUT2D eigenvalue weighted by atomic mass is 10.0. The number of hydrogen-bond acceptors (Lipinski definition) is 0. The van der Waals surface area contributed by atoms with Crippen LogP contribution >= 0.6 is 22.6 Å². The Labute approximate surface area is 166 Å². The highest BCUT2D eigenvalue weighted by molar-refractivity contribution is 14.1. The van der Waals surface area contributed by atoms with Crippen molar-refractivity contribution in [1.82, 2.24) is 4.57 Å². The summed E-state index contributed by atoms with van der Waals surface area (Å²) in [7, 11) is 0. The highest BCUT2D eigenvalue weighted by atomic mass is 127. The Bertz CT molecular complexity index is 1220. The molecule has 26 heavy (non-hydrogen) atoms. The van der Waals surface area contributed by atoms with Crippen molar-refractivity contribution in [2.75, 3.05) is 0 Å². The Morgan fingerprint density at radius 2 is 1.23 bits per heavy atom. The van der Waals surface area contributed by atoms with Crippen molar-refractivity contribution in [3.8, 4) is 16.8 Å². The first kappa shape index (κ1) is 15.6. The lowest BCUT2D eigenvalue weighted by molar-refractivity contribution is 1.18. The van der Waals surface area contributed by atoms with Crippen LogP contribution in [0.25, 0.3) is 38.6 Å². The van der Waals surface area contributed by atoms with Gasteiger partial charge in [0.05, 0.1) is 11.0 Å². The Hall–Kier alpha value is -2.59. The van der Waals surface area contributed by atoms with Gasteiger partial charge >= 0.3 is 0 Å². The molecule has 0 unspecified atom stereocenters. The molecule has 5 aromatic rings. The normalized spacial score (nSPS) is 11.3. The van der Waals surface area contributed by atoms with E-state index >= 15 is 0 Å². The number of hydrogen-bond donors (Lipinski definition) is 0. The lowest BCUT2D eigenvalue weighted by Crippen LogP contribution is -1.93. The zero-order valence-electron chi connectivity index (χ0n) is 14.1. The quantitative estimate of drug-likeness (QED) is 0.257. The number of nitrogens with zero attached hydrogens (tertiary/aromatic N) is 1. The smallest absolute Gasteiger partial charge is 0.0552 e. The van der Waals surface area contributed by atoms with Gasteiger partial charge in [0.1, 0.15) is 0 Å². The molecule has 1 heterocycles. The van der Waals surface area contributed by atoms with E-state index in [1.54, 1.807) is 0 Å². The second-order valence-corrected chi connectivity index (χ2v) is 7.45. The van der Waals surface area contributed by atoms with Gasteiger partial charge in [-0.05, 0) is 58.0 Å². The summed E-state index contributed by atoms with van der Waals surface area (Å²) in [5, 5.41) is 2.62. The topological polar surface area (TPSA) is 4.93 Å². The predicted molar refractivity (Wildman–Crippen MR) is 119 cm³/mol. The Balaban J connectivity index is 1.91. The third kappa shape index (κ3) is 2.36. The first-order valence-electron chi connectivity index (χ1n) is 8.67. The average Bonchev–Trinajstić information content (AvgIpc) is 3.05. The maximum atomic E-state index is 2.51. The second kappa shape index (κ2) is 6.29. The van der Waals surface area contributed by atoms with E-state index in [1.807, 2.05) is 0 Å². The molecule has 1 aromatic heterocycles. The van der Waals surface area contributed by atoms with Crippen LogP contribution in [0.15, 0.2) is 97.1 Å². The van der Waals surface area contributed by atoms with Crippen molar-refractivity contribution in [3.05, 3.63) is 101 Å². The third-order valence-electron chi connectivity index (χ3n) is 4.87. The second-order valence-electron chi connectivity index (χ2n) is 6.38. The molecule has 0 saturated carbocycles. The van der Waals surface area contributed by atoms with E-state index in [4.69, 9.17) is 0 Å². The molecule has 1 nitrogen and oxygen atoms in total. The minimum Gasteiger partial charge on any atom is -0.309 e. The fourth-order valence-electron chi connectivity index (χ4n) is 3.71. The summed E-state index contributed by atoms with van der Waals surface area (Å²) in [6.45, 7) is 0. The fraction of sp³-hybridized carbons (Fsp3) is 0. The maximum Gasteiger partial charge on any atom is 0.0552 e. The molecule has 0 fully saturated rings. The minimum absolute atomic E-state index is 1.20. The first-order valence-corrected chi connectivity index (χ1v) is 9.75. The molecular weight excluding hydrogens is 429 g/mol. The lowest BCUT2D eigenvalue weighted by Gasteiger charge is -2.09. The predicted octanol–water partition coefficient (Wildman–Crippen LogP) is 7.06. The minimum atomic E-state index is 1.20. The number of halogens is 1. The monoisotopic (exact) mass is 445 g/mol. The molecule has 0 aliphatic carbocycles. The number of aromatic nitrogens is 1. The van der Waals surface area contributed by atoms with Crippen molar-refractivity contribution in [3.63, 3.8) is 0 Å². The van der Waals surface area contributed by atoms with Crippen molar-refractivity contribution < 1.29 is 0 Å². The number of rotatable bonds is 2. The van der Waals surface area contributed by atoms with E-state index in [0.29, 0.717) is 0 Å². The van der Waals surface area contributed by atoms with Crippen molar-refractivity contribution >= 4 is 44.4 Å². The molecule has 124 valence electrons. The fourth-order valence-corrected chi connectivity index (χ4v) is 4.77. The van der Waals surface area contributed by atoms with Gasteiger partial charge in [0.25, 0.3) is 0 Å². The van der Waals surface area contributed by atoms with Gasteiger partial charge in [-0.3, -0.25) is 0 Å². The molecule has 4 aromatic carbocycles. The van der Waals surface area contributed by atoms with Crippen LogP contribution in [0.3, 0.4) is 0 Å². The summed E-state index contributed by atoms with van der Waals surface area (Å²) in [5.74, 6) is 0. The summed E-state index contributed by atoms with van der Waals surface area (Å²) >= 11 is 2.51. The highest BCUT2D eigenvalue weighted by Crippen LogP contribution is 2.38. The van der Waals surface area contributed by atoms with E-state index in [-0.39, 0.29) is 0 Å². The largest absolute Gasteiger partial charge is 0.309 e. The van der Waals surface area contributed by atoms with Crippen LogP contribution in [0.5, 0.6) is 0 Å². The number of fused-ring (bicyclic) bond motifs is 3. The van der Waals surface area contributed by atoms with Gasteiger partial charge in [0.2, 0.25) is 0 Å². The molecule has 0 bridgehead atoms. The van der Waals surface area contributed by atoms with E-state index < -0.39 is 0 Å². The van der Waals surface area contributed by atoms with Gasteiger partial charge in [0.15, 0.2) is 0 Å². The molecule has 0 atom stereocenters. The standard InChI is InChI=1S/C24H16IN/c25-24-19(17-9-3-1-4-10-17)15-16-22-23(24)20-13-7-8-14-21(20)26(22)18-11-5-2-6-12-18/h1-16H. The van der Waals surface area contributed by atoms with E-state index in [0.717, 1.165) is 0 Å². The maximum absolute atomic E-state index is 2.51. The molecule has 0 saturated heterocycles.